The van der Waals surface area contributed by atoms with Crippen molar-refractivity contribution < 1.29 is 9.90 Å². The number of thiophene rings is 1. The van der Waals surface area contributed by atoms with Crippen LogP contribution in [-0.2, 0) is 6.42 Å². The first-order valence-corrected chi connectivity index (χ1v) is 6.82. The fourth-order valence-electron chi connectivity index (χ4n) is 1.90. The second kappa shape index (κ2) is 5.75. The predicted molar refractivity (Wildman–Crippen MR) is 79.1 cm³/mol. The molecule has 1 heterocycles. The van der Waals surface area contributed by atoms with Crippen LogP contribution in [0.15, 0.2) is 35.7 Å². The summed E-state index contributed by atoms with van der Waals surface area (Å²) in [5, 5.41) is 11.2. The van der Waals surface area contributed by atoms with Gasteiger partial charge in [0.25, 0.3) is 0 Å². The summed E-state index contributed by atoms with van der Waals surface area (Å²) in [7, 11) is 1.88. The Kier molecular flexibility index (Phi) is 4.06. The largest absolute Gasteiger partial charge is 0.478 e. The van der Waals surface area contributed by atoms with Crippen molar-refractivity contribution in [1.29, 1.82) is 0 Å². The predicted octanol–water partition coefficient (Wildman–Crippen LogP) is 2.71. The van der Waals surface area contributed by atoms with Crippen LogP contribution in [0.1, 0.15) is 15.2 Å². The molecule has 0 bridgehead atoms. The lowest BCUT2D eigenvalue weighted by Crippen LogP contribution is -2.22. The smallest absolute Gasteiger partial charge is 0.337 e. The molecule has 0 amide bonds. The summed E-state index contributed by atoms with van der Waals surface area (Å²) in [4.78, 5) is 14.4. The molecule has 3 N–H and O–H groups in total. The van der Waals surface area contributed by atoms with Gasteiger partial charge in [-0.3, -0.25) is 0 Å². The molecule has 0 saturated carbocycles. The first-order chi connectivity index (χ1) is 9.08. The number of rotatable bonds is 5. The van der Waals surface area contributed by atoms with Gasteiger partial charge in [0, 0.05) is 24.2 Å². The Balaban J connectivity index is 2.15. The lowest BCUT2D eigenvalue weighted by atomic mass is 10.1. The van der Waals surface area contributed by atoms with E-state index in [9.17, 15) is 9.90 Å². The molecule has 2 rings (SSSR count). The van der Waals surface area contributed by atoms with E-state index in [4.69, 9.17) is 5.73 Å². The number of nitrogens with zero attached hydrogens (tertiary/aromatic N) is 1. The first-order valence-electron chi connectivity index (χ1n) is 5.94. The van der Waals surface area contributed by atoms with E-state index in [1.54, 1.807) is 29.5 Å². The zero-order valence-corrected chi connectivity index (χ0v) is 11.5. The van der Waals surface area contributed by atoms with Crippen LogP contribution in [0.2, 0.25) is 0 Å². The molecule has 0 spiro atoms. The maximum atomic E-state index is 11.2. The Morgan fingerprint density at radius 2 is 2.21 bits per heavy atom. The summed E-state index contributed by atoms with van der Waals surface area (Å²) in [5.41, 5.74) is 7.25. The summed E-state index contributed by atoms with van der Waals surface area (Å²) in [6.45, 7) is 0.754. The summed E-state index contributed by atoms with van der Waals surface area (Å²) in [5.74, 6) is -0.932. The van der Waals surface area contributed by atoms with Crippen molar-refractivity contribution in [2.45, 2.75) is 6.42 Å². The summed E-state index contributed by atoms with van der Waals surface area (Å²) in [6.07, 6.45) is 0.891. The van der Waals surface area contributed by atoms with E-state index in [0.717, 1.165) is 13.0 Å². The molecule has 4 nitrogen and oxygen atoms in total. The lowest BCUT2D eigenvalue weighted by molar-refractivity contribution is 0.0697. The summed E-state index contributed by atoms with van der Waals surface area (Å²) < 4.78 is 0. The maximum absolute atomic E-state index is 11.2. The minimum absolute atomic E-state index is 0.280. The van der Waals surface area contributed by atoms with Crippen molar-refractivity contribution >= 4 is 28.7 Å². The lowest BCUT2D eigenvalue weighted by Gasteiger charge is -2.21. The molecule has 0 radical (unpaired) electrons. The number of carboxylic acid groups (broad SMARTS) is 1. The van der Waals surface area contributed by atoms with Gasteiger partial charge in [-0.25, -0.2) is 4.79 Å². The van der Waals surface area contributed by atoms with Gasteiger partial charge < -0.3 is 15.7 Å². The molecular weight excluding hydrogens is 260 g/mol. The van der Waals surface area contributed by atoms with Crippen molar-refractivity contribution in [1.82, 2.24) is 0 Å². The number of nitrogens with two attached hydrogens (primary N) is 1. The highest BCUT2D eigenvalue weighted by Crippen LogP contribution is 2.23. The van der Waals surface area contributed by atoms with Gasteiger partial charge in [-0.05, 0) is 36.1 Å². The number of carbonyl (C=O) groups is 1. The molecule has 2 aromatic rings. The maximum Gasteiger partial charge on any atom is 0.337 e. The van der Waals surface area contributed by atoms with Crippen molar-refractivity contribution in [2.24, 2.45) is 0 Å². The Morgan fingerprint density at radius 3 is 2.84 bits per heavy atom. The molecule has 0 saturated heterocycles. The van der Waals surface area contributed by atoms with Gasteiger partial charge in [0.2, 0.25) is 0 Å². The van der Waals surface area contributed by atoms with Gasteiger partial charge in [0.15, 0.2) is 0 Å². The second-order valence-electron chi connectivity index (χ2n) is 4.33. The summed E-state index contributed by atoms with van der Waals surface area (Å²) in [6, 6.07) is 8.96. The average molecular weight is 276 g/mol. The van der Waals surface area contributed by atoms with Crippen LogP contribution in [0, 0.1) is 0 Å². The molecule has 19 heavy (non-hydrogen) atoms. The average Bonchev–Trinajstić information content (AvgIpc) is 2.88. The normalized spacial score (nSPS) is 10.4. The van der Waals surface area contributed by atoms with Gasteiger partial charge in [0.05, 0.1) is 11.3 Å². The van der Waals surface area contributed by atoms with Gasteiger partial charge in [0.1, 0.15) is 0 Å². The van der Waals surface area contributed by atoms with Gasteiger partial charge in [-0.2, -0.15) is 0 Å². The number of hydrogen-bond donors (Lipinski definition) is 2. The van der Waals surface area contributed by atoms with Crippen LogP contribution in [0.25, 0.3) is 0 Å². The highest BCUT2D eigenvalue weighted by atomic mass is 32.1. The van der Waals surface area contributed by atoms with E-state index < -0.39 is 5.97 Å². The van der Waals surface area contributed by atoms with Crippen LogP contribution >= 0.6 is 11.3 Å². The van der Waals surface area contributed by atoms with Crippen LogP contribution < -0.4 is 10.6 Å². The number of likely N-dealkylation sites (N-methyl/N-ethyl adjacent to an activating group) is 1. The molecule has 1 aromatic carbocycles. The van der Waals surface area contributed by atoms with Gasteiger partial charge >= 0.3 is 5.97 Å². The van der Waals surface area contributed by atoms with E-state index in [-0.39, 0.29) is 5.56 Å². The number of anilines is 2. The zero-order chi connectivity index (χ0) is 13.8. The van der Waals surface area contributed by atoms with E-state index in [0.29, 0.717) is 11.4 Å². The van der Waals surface area contributed by atoms with Gasteiger partial charge in [-0.1, -0.05) is 6.07 Å². The van der Waals surface area contributed by atoms with E-state index in [1.165, 1.54) is 4.88 Å². The third-order valence-electron chi connectivity index (χ3n) is 2.94. The molecule has 0 fully saturated rings. The Bertz CT molecular complexity index is 567. The van der Waals surface area contributed by atoms with Crippen molar-refractivity contribution in [3.8, 4) is 0 Å². The molecule has 0 aliphatic carbocycles. The molecule has 0 atom stereocenters. The quantitative estimate of drug-likeness (QED) is 0.824. The number of nitrogen functional groups attached to an aromatic ring is 1. The molecule has 1 aromatic heterocycles. The highest BCUT2D eigenvalue weighted by molar-refractivity contribution is 7.09. The molecular formula is C14H16N2O2S. The van der Waals surface area contributed by atoms with Crippen molar-refractivity contribution in [3.63, 3.8) is 0 Å². The Morgan fingerprint density at radius 1 is 1.42 bits per heavy atom. The fraction of sp³-hybridized carbons (Fsp3) is 0.214. The van der Waals surface area contributed by atoms with E-state index in [1.807, 2.05) is 23.4 Å². The third-order valence-corrected chi connectivity index (χ3v) is 3.87. The number of hydrogen-bond acceptors (Lipinski definition) is 4. The standard InChI is InChI=1S/C14H16N2O2S/c1-16(7-6-11-3-2-8-19-11)13-9-10(15)4-5-12(13)14(17)18/h2-5,8-9H,6-7,15H2,1H3,(H,17,18). The number of aromatic carboxylic acids is 1. The van der Waals surface area contributed by atoms with Crippen LogP contribution in [0.5, 0.6) is 0 Å². The van der Waals surface area contributed by atoms with E-state index in [2.05, 4.69) is 6.07 Å². The van der Waals surface area contributed by atoms with Crippen LogP contribution in [-0.4, -0.2) is 24.7 Å². The van der Waals surface area contributed by atoms with Crippen LogP contribution in [0.4, 0.5) is 11.4 Å². The minimum atomic E-state index is -0.932. The van der Waals surface area contributed by atoms with Crippen molar-refractivity contribution in [2.75, 3.05) is 24.2 Å². The fourth-order valence-corrected chi connectivity index (χ4v) is 2.60. The number of carboxylic acids is 1. The topological polar surface area (TPSA) is 66.6 Å². The molecule has 0 aliphatic heterocycles. The third kappa shape index (κ3) is 3.26. The number of benzene rings is 1. The molecule has 100 valence electrons. The molecule has 0 unspecified atom stereocenters. The molecule has 0 aliphatic rings. The highest BCUT2D eigenvalue weighted by Gasteiger charge is 2.13. The minimum Gasteiger partial charge on any atom is -0.478 e. The molecule has 5 heteroatoms. The van der Waals surface area contributed by atoms with Crippen molar-refractivity contribution in [3.05, 3.63) is 46.2 Å². The zero-order valence-electron chi connectivity index (χ0n) is 10.7. The van der Waals surface area contributed by atoms with Gasteiger partial charge in [-0.15, -0.1) is 11.3 Å². The first kappa shape index (κ1) is 13.4. The monoisotopic (exact) mass is 276 g/mol. The Hall–Kier alpha value is -2.01. The summed E-state index contributed by atoms with van der Waals surface area (Å²) >= 11 is 1.71. The van der Waals surface area contributed by atoms with Crippen LogP contribution in [0.3, 0.4) is 0 Å². The SMILES string of the molecule is CN(CCc1cccs1)c1cc(N)ccc1C(=O)O. The Labute approximate surface area is 116 Å². The van der Waals surface area contributed by atoms with E-state index >= 15 is 0 Å². The second-order valence-corrected chi connectivity index (χ2v) is 5.36.